The summed E-state index contributed by atoms with van der Waals surface area (Å²) >= 11 is 0. The monoisotopic (exact) mass is 524 g/mol. The lowest BCUT2D eigenvalue weighted by Crippen LogP contribution is -2.48. The van der Waals surface area contributed by atoms with E-state index in [0.29, 0.717) is 34.6 Å². The fourth-order valence-corrected chi connectivity index (χ4v) is 5.55. The van der Waals surface area contributed by atoms with Crippen LogP contribution in [0.1, 0.15) is 42.0 Å². The minimum atomic E-state index is -1.59. The van der Waals surface area contributed by atoms with Crippen molar-refractivity contribution in [2.45, 2.75) is 43.4 Å². The van der Waals surface area contributed by atoms with Gasteiger partial charge >= 0.3 is 18.1 Å². The molecule has 12 heteroatoms. The van der Waals surface area contributed by atoms with Crippen molar-refractivity contribution in [2.75, 3.05) is 18.9 Å². The van der Waals surface area contributed by atoms with E-state index in [2.05, 4.69) is 10.6 Å². The molecule has 0 saturated carbocycles. The Labute approximate surface area is 216 Å². The number of aliphatic carboxylic acids is 1. The SMILES string of the molecule is CNC(=O)Nc1ccc2c(c1)CCC21OC(=O)N(CC(=O)N2[C@@H](c3ccc(F)cc3)CC[C@H]2C(=O)O)C1=O. The number of nitrogens with zero attached hydrogens (tertiary/aromatic N) is 2. The van der Waals surface area contributed by atoms with E-state index < -0.39 is 60.0 Å². The van der Waals surface area contributed by atoms with Crippen LogP contribution in [0, 0.1) is 5.82 Å². The molecule has 2 aromatic rings. The number of ether oxygens (including phenoxy) is 1. The van der Waals surface area contributed by atoms with Crippen LogP contribution >= 0.6 is 0 Å². The summed E-state index contributed by atoms with van der Waals surface area (Å²) in [5.41, 5.74) is 0.661. The molecule has 2 fully saturated rings. The molecule has 2 aliphatic heterocycles. The van der Waals surface area contributed by atoms with Crippen LogP contribution in [0.2, 0.25) is 0 Å². The number of aryl methyl sites for hydroxylation is 1. The number of benzene rings is 2. The van der Waals surface area contributed by atoms with E-state index in [-0.39, 0.29) is 12.8 Å². The molecule has 198 valence electrons. The minimum Gasteiger partial charge on any atom is -0.480 e. The maximum atomic E-state index is 13.5. The third kappa shape index (κ3) is 4.11. The summed E-state index contributed by atoms with van der Waals surface area (Å²) in [5, 5.41) is 14.8. The van der Waals surface area contributed by atoms with Gasteiger partial charge in [-0.05, 0) is 54.7 Å². The second-order valence-corrected chi connectivity index (χ2v) is 9.46. The predicted molar refractivity (Wildman–Crippen MR) is 129 cm³/mol. The van der Waals surface area contributed by atoms with Crippen molar-refractivity contribution in [2.24, 2.45) is 0 Å². The molecular weight excluding hydrogens is 499 g/mol. The molecule has 5 amide bonds. The van der Waals surface area contributed by atoms with Crippen LogP contribution in [0.15, 0.2) is 42.5 Å². The molecule has 3 atom stereocenters. The number of carboxylic acids is 1. The second-order valence-electron chi connectivity index (χ2n) is 9.46. The van der Waals surface area contributed by atoms with Gasteiger partial charge in [0, 0.05) is 24.7 Å². The smallest absolute Gasteiger partial charge is 0.418 e. The molecule has 2 aromatic carbocycles. The van der Waals surface area contributed by atoms with E-state index in [1.807, 2.05) is 0 Å². The van der Waals surface area contributed by atoms with Gasteiger partial charge in [0.2, 0.25) is 11.5 Å². The number of carboxylic acid groups (broad SMARTS) is 1. The Hall–Kier alpha value is -4.48. The third-order valence-electron chi connectivity index (χ3n) is 7.35. The normalized spacial score (nSPS) is 23.9. The van der Waals surface area contributed by atoms with Crippen LogP contribution in [0.25, 0.3) is 0 Å². The topological polar surface area (TPSA) is 145 Å². The largest absolute Gasteiger partial charge is 0.480 e. The molecule has 38 heavy (non-hydrogen) atoms. The summed E-state index contributed by atoms with van der Waals surface area (Å²) in [6, 6.07) is 8.10. The zero-order valence-corrected chi connectivity index (χ0v) is 20.4. The zero-order valence-electron chi connectivity index (χ0n) is 20.4. The molecular formula is C26H25FN4O7. The highest BCUT2D eigenvalue weighted by atomic mass is 19.1. The lowest BCUT2D eigenvalue weighted by atomic mass is 9.94. The van der Waals surface area contributed by atoms with E-state index in [0.717, 1.165) is 10.5 Å². The summed E-state index contributed by atoms with van der Waals surface area (Å²) < 4.78 is 19.0. The lowest BCUT2D eigenvalue weighted by Gasteiger charge is -2.30. The highest BCUT2D eigenvalue weighted by Gasteiger charge is 2.59. The van der Waals surface area contributed by atoms with E-state index in [4.69, 9.17) is 4.74 Å². The first-order chi connectivity index (χ1) is 18.1. The zero-order chi connectivity index (χ0) is 27.2. The molecule has 11 nitrogen and oxygen atoms in total. The maximum Gasteiger partial charge on any atom is 0.418 e. The summed E-state index contributed by atoms with van der Waals surface area (Å²) in [6.07, 6.45) is 0.0787. The van der Waals surface area contributed by atoms with Crippen LogP contribution in [-0.2, 0) is 31.1 Å². The van der Waals surface area contributed by atoms with Crippen molar-refractivity contribution < 1.29 is 38.2 Å². The number of hydrogen-bond acceptors (Lipinski definition) is 6. The number of rotatable bonds is 5. The molecule has 1 aliphatic carbocycles. The van der Waals surface area contributed by atoms with Gasteiger partial charge in [0.05, 0.1) is 6.04 Å². The average Bonchev–Trinajstić information content (AvgIpc) is 3.56. The van der Waals surface area contributed by atoms with Crippen LogP contribution in [0.4, 0.5) is 19.7 Å². The van der Waals surface area contributed by atoms with E-state index >= 15 is 0 Å². The van der Waals surface area contributed by atoms with Gasteiger partial charge in [0.1, 0.15) is 18.4 Å². The van der Waals surface area contributed by atoms with Gasteiger partial charge < -0.3 is 25.4 Å². The van der Waals surface area contributed by atoms with Gasteiger partial charge in [0.25, 0.3) is 5.91 Å². The molecule has 0 bridgehead atoms. The van der Waals surface area contributed by atoms with Crippen LogP contribution in [-0.4, -0.2) is 64.4 Å². The van der Waals surface area contributed by atoms with E-state index in [9.17, 15) is 33.5 Å². The number of imide groups is 1. The average molecular weight is 525 g/mol. The fraction of sp³-hybridized carbons (Fsp3) is 0.346. The number of likely N-dealkylation sites (tertiary alicyclic amines) is 1. The number of amides is 5. The van der Waals surface area contributed by atoms with Gasteiger partial charge in [-0.2, -0.15) is 0 Å². The number of hydrogen-bond donors (Lipinski definition) is 3. The first-order valence-electron chi connectivity index (χ1n) is 12.1. The van der Waals surface area contributed by atoms with Crippen molar-refractivity contribution in [3.8, 4) is 0 Å². The Morgan fingerprint density at radius 1 is 1.13 bits per heavy atom. The molecule has 5 rings (SSSR count). The van der Waals surface area contributed by atoms with Crippen LogP contribution < -0.4 is 10.6 Å². The third-order valence-corrected chi connectivity index (χ3v) is 7.35. The molecule has 0 radical (unpaired) electrons. The minimum absolute atomic E-state index is 0.167. The van der Waals surface area contributed by atoms with E-state index in [1.165, 1.54) is 31.3 Å². The van der Waals surface area contributed by atoms with Gasteiger partial charge in [-0.15, -0.1) is 0 Å². The molecule has 1 unspecified atom stereocenters. The van der Waals surface area contributed by atoms with Crippen molar-refractivity contribution in [3.63, 3.8) is 0 Å². The first-order valence-corrected chi connectivity index (χ1v) is 12.1. The van der Waals surface area contributed by atoms with E-state index in [1.54, 1.807) is 18.2 Å². The summed E-state index contributed by atoms with van der Waals surface area (Å²) in [4.78, 5) is 65.2. The lowest BCUT2D eigenvalue weighted by molar-refractivity contribution is -0.151. The Morgan fingerprint density at radius 2 is 1.87 bits per heavy atom. The maximum absolute atomic E-state index is 13.5. The van der Waals surface area contributed by atoms with Crippen molar-refractivity contribution >= 4 is 35.6 Å². The first kappa shape index (κ1) is 25.2. The molecule has 3 aliphatic rings. The Kier molecular flexibility index (Phi) is 6.25. The number of halogens is 1. The number of urea groups is 1. The van der Waals surface area contributed by atoms with Gasteiger partial charge in [0.15, 0.2) is 0 Å². The highest BCUT2D eigenvalue weighted by Crippen LogP contribution is 2.46. The Balaban J connectivity index is 1.38. The number of fused-ring (bicyclic) bond motifs is 2. The number of carbonyl (C=O) groups is 5. The summed E-state index contributed by atoms with van der Waals surface area (Å²) in [5.74, 6) is -3.11. The van der Waals surface area contributed by atoms with Crippen molar-refractivity contribution in [1.29, 1.82) is 0 Å². The summed E-state index contributed by atoms with van der Waals surface area (Å²) in [6.45, 7) is -0.688. The molecule has 0 aromatic heterocycles. The Bertz CT molecular complexity index is 1350. The highest BCUT2D eigenvalue weighted by molar-refractivity contribution is 6.06. The quantitative estimate of drug-likeness (QED) is 0.545. The van der Waals surface area contributed by atoms with Gasteiger partial charge in [-0.1, -0.05) is 18.2 Å². The van der Waals surface area contributed by atoms with Gasteiger partial charge in [-0.25, -0.2) is 23.7 Å². The van der Waals surface area contributed by atoms with Gasteiger partial charge in [-0.3, -0.25) is 9.59 Å². The fourth-order valence-electron chi connectivity index (χ4n) is 5.55. The van der Waals surface area contributed by atoms with Crippen molar-refractivity contribution in [3.05, 3.63) is 65.0 Å². The number of nitrogens with one attached hydrogen (secondary N) is 2. The second kappa shape index (κ2) is 9.43. The molecule has 1 spiro atoms. The van der Waals surface area contributed by atoms with Crippen LogP contribution in [0.5, 0.6) is 0 Å². The number of carbonyl (C=O) groups excluding carboxylic acids is 4. The van der Waals surface area contributed by atoms with Crippen LogP contribution in [0.3, 0.4) is 0 Å². The standard InChI is InChI=1S/C26H25FN4O7/c1-28-24(36)29-17-6-7-18-15(12-17)10-11-26(18)23(35)30(25(37)38-26)13-21(32)31-19(8-9-20(31)22(33)34)14-2-4-16(27)5-3-14/h2-7,12,19-20H,8-11,13H2,1H3,(H,33,34)(H2,28,29,36)/t19-,20+,26?/m1/s1. The molecule has 2 heterocycles. The summed E-state index contributed by atoms with van der Waals surface area (Å²) in [7, 11) is 1.48. The number of anilines is 1. The molecule has 2 saturated heterocycles. The Morgan fingerprint density at radius 3 is 2.55 bits per heavy atom. The van der Waals surface area contributed by atoms with Crippen molar-refractivity contribution in [1.82, 2.24) is 15.1 Å². The predicted octanol–water partition coefficient (Wildman–Crippen LogP) is 2.51. The molecule has 3 N–H and O–H groups in total.